The van der Waals surface area contributed by atoms with E-state index >= 15 is 0 Å². The van der Waals surface area contributed by atoms with Gasteiger partial charge >= 0.3 is 11.7 Å². The van der Waals surface area contributed by atoms with Crippen molar-refractivity contribution in [2.75, 3.05) is 31.7 Å². The van der Waals surface area contributed by atoms with Gasteiger partial charge in [-0.25, -0.2) is 18.0 Å². The van der Waals surface area contributed by atoms with Crippen LogP contribution >= 0.6 is 0 Å². The number of anilines is 1. The van der Waals surface area contributed by atoms with Crippen molar-refractivity contribution < 1.29 is 37.3 Å². The number of aryl methyl sites for hydroxylation is 2. The molecule has 0 aliphatic heterocycles. The Morgan fingerprint density at radius 3 is 2.18 bits per heavy atom. The second kappa shape index (κ2) is 15.0. The van der Waals surface area contributed by atoms with E-state index in [2.05, 4.69) is 4.72 Å². The number of imidazole rings is 1. The number of esters is 1. The largest absolute Gasteiger partial charge is 0.493 e. The van der Waals surface area contributed by atoms with Gasteiger partial charge in [-0.05, 0) is 49.9 Å². The van der Waals surface area contributed by atoms with Gasteiger partial charge in [0.25, 0.3) is 10.0 Å². The first-order valence-electron chi connectivity index (χ1n) is 14.7. The van der Waals surface area contributed by atoms with E-state index in [9.17, 15) is 18.0 Å². The van der Waals surface area contributed by atoms with Gasteiger partial charge in [-0.15, -0.1) is 0 Å². The quantitative estimate of drug-likeness (QED) is 0.128. The summed E-state index contributed by atoms with van der Waals surface area (Å²) in [6, 6.07) is 13.7. The summed E-state index contributed by atoms with van der Waals surface area (Å²) < 4.78 is 55.4. The number of aromatic nitrogens is 2. The maximum atomic E-state index is 13.6. The Balaban J connectivity index is 1.73. The van der Waals surface area contributed by atoms with Crippen molar-refractivity contribution in [3.63, 3.8) is 0 Å². The van der Waals surface area contributed by atoms with Crippen LogP contribution in [0.15, 0.2) is 64.3 Å². The van der Waals surface area contributed by atoms with E-state index in [-0.39, 0.29) is 34.2 Å². The van der Waals surface area contributed by atoms with Gasteiger partial charge in [-0.2, -0.15) is 0 Å². The van der Waals surface area contributed by atoms with Gasteiger partial charge in [-0.3, -0.25) is 13.9 Å². The molecule has 2 N–H and O–H groups in total. The minimum absolute atomic E-state index is 0.0680. The Kier molecular flexibility index (Phi) is 11.1. The van der Waals surface area contributed by atoms with E-state index < -0.39 is 16.0 Å². The van der Waals surface area contributed by atoms with Gasteiger partial charge in [0.1, 0.15) is 17.2 Å². The molecule has 0 atom stereocenters. The smallest absolute Gasteiger partial charge is 0.337 e. The normalized spacial score (nSPS) is 11.4. The molecule has 0 radical (unpaired) electrons. The number of aliphatic hydroxyl groups excluding tert-OH is 1. The number of carbonyl (C=O) groups is 1. The molecule has 4 aromatic rings. The average molecular weight is 642 g/mol. The third-order valence-electron chi connectivity index (χ3n) is 7.06. The summed E-state index contributed by atoms with van der Waals surface area (Å²) in [5.74, 6) is 0.798. The second-order valence-corrected chi connectivity index (χ2v) is 12.1. The lowest BCUT2D eigenvalue weighted by Crippen LogP contribution is -2.19. The second-order valence-electron chi connectivity index (χ2n) is 10.4. The molecule has 0 bridgehead atoms. The minimum Gasteiger partial charge on any atom is -0.493 e. The Hall–Kier alpha value is -4.49. The van der Waals surface area contributed by atoms with Crippen LogP contribution in [0.25, 0.3) is 11.0 Å². The molecule has 242 valence electrons. The fourth-order valence-electron chi connectivity index (χ4n) is 4.68. The van der Waals surface area contributed by atoms with E-state index in [1.165, 1.54) is 46.6 Å². The summed E-state index contributed by atoms with van der Waals surface area (Å²) in [7, 11) is 0.189. The number of sulfonamides is 1. The SMILES string of the molecule is CCCOc1cc(OCCCCCCO)cc(Oc2cc3c(cc2NS(=O)(=O)c2cccc(C(=O)OC)c2)n(C)c(=O)n3C)c1. The number of carbonyl (C=O) groups excluding carboxylic acids is 1. The third kappa shape index (κ3) is 8.17. The van der Waals surface area contributed by atoms with Crippen LogP contribution in [0.1, 0.15) is 49.4 Å². The summed E-state index contributed by atoms with van der Waals surface area (Å²) in [5.41, 5.74) is 0.833. The maximum Gasteiger partial charge on any atom is 0.337 e. The molecule has 0 unspecified atom stereocenters. The molecular formula is C32H39N3O9S. The van der Waals surface area contributed by atoms with Crippen molar-refractivity contribution in [1.82, 2.24) is 9.13 Å². The fraction of sp³-hybridized carbons (Fsp3) is 0.375. The van der Waals surface area contributed by atoms with Crippen molar-refractivity contribution in [1.29, 1.82) is 0 Å². The van der Waals surface area contributed by atoms with E-state index in [0.29, 0.717) is 41.5 Å². The molecule has 3 aromatic carbocycles. The Bertz CT molecular complexity index is 1810. The first-order valence-corrected chi connectivity index (χ1v) is 16.2. The van der Waals surface area contributed by atoms with Crippen LogP contribution in [0.2, 0.25) is 0 Å². The number of nitrogens with one attached hydrogen (secondary N) is 1. The first kappa shape index (κ1) is 33.4. The van der Waals surface area contributed by atoms with Crippen LogP contribution in [0.5, 0.6) is 23.0 Å². The molecule has 13 heteroatoms. The molecule has 0 saturated heterocycles. The highest BCUT2D eigenvalue weighted by Crippen LogP contribution is 2.38. The van der Waals surface area contributed by atoms with Crippen molar-refractivity contribution in [3.8, 4) is 23.0 Å². The highest BCUT2D eigenvalue weighted by molar-refractivity contribution is 7.92. The number of aliphatic hydroxyl groups is 1. The number of ether oxygens (including phenoxy) is 4. The molecular weight excluding hydrogens is 602 g/mol. The third-order valence-corrected chi connectivity index (χ3v) is 8.42. The number of benzene rings is 3. The molecule has 4 rings (SSSR count). The van der Waals surface area contributed by atoms with E-state index in [1.807, 2.05) is 6.92 Å². The molecule has 1 heterocycles. The lowest BCUT2D eigenvalue weighted by molar-refractivity contribution is 0.0600. The van der Waals surface area contributed by atoms with Gasteiger partial charge in [0, 0.05) is 45.0 Å². The molecule has 0 aliphatic carbocycles. The maximum absolute atomic E-state index is 13.6. The number of fused-ring (bicyclic) bond motifs is 1. The molecule has 0 amide bonds. The predicted octanol–water partition coefficient (Wildman–Crippen LogP) is 4.98. The van der Waals surface area contributed by atoms with Crippen LogP contribution in [0, 0.1) is 0 Å². The zero-order valence-electron chi connectivity index (χ0n) is 25.9. The number of hydrogen-bond acceptors (Lipinski definition) is 9. The topological polar surface area (TPSA) is 147 Å². The molecule has 0 spiro atoms. The summed E-state index contributed by atoms with van der Waals surface area (Å²) in [4.78, 5) is 24.6. The van der Waals surface area contributed by atoms with Gasteiger partial charge in [0.15, 0.2) is 5.75 Å². The van der Waals surface area contributed by atoms with E-state index in [0.717, 1.165) is 32.1 Å². The Morgan fingerprint density at radius 2 is 1.51 bits per heavy atom. The highest BCUT2D eigenvalue weighted by Gasteiger charge is 2.22. The van der Waals surface area contributed by atoms with E-state index in [4.69, 9.17) is 24.1 Å². The van der Waals surface area contributed by atoms with E-state index in [1.54, 1.807) is 38.4 Å². The number of hydrogen-bond donors (Lipinski definition) is 2. The standard InChI is InChI=1S/C32H39N3O9S/c1-5-14-42-23-17-24(43-15-9-7-6-8-13-36)19-25(18-23)44-30-21-29-28(34(2)32(38)35(29)3)20-27(30)33-45(39,40)26-12-10-11-22(16-26)31(37)41-4/h10-12,16-21,33,36H,5-9,13-15H2,1-4H3. The van der Waals surface area contributed by atoms with Crippen molar-refractivity contribution in [2.24, 2.45) is 14.1 Å². The van der Waals surface area contributed by atoms with Crippen LogP contribution in [0.4, 0.5) is 5.69 Å². The fourth-order valence-corrected chi connectivity index (χ4v) is 5.78. The molecule has 1 aromatic heterocycles. The van der Waals surface area contributed by atoms with Gasteiger partial charge in [-0.1, -0.05) is 19.4 Å². The van der Waals surface area contributed by atoms with Crippen molar-refractivity contribution in [3.05, 3.63) is 70.6 Å². The van der Waals surface area contributed by atoms with Crippen LogP contribution in [0.3, 0.4) is 0 Å². The molecule has 0 saturated carbocycles. The lowest BCUT2D eigenvalue weighted by atomic mass is 10.2. The highest BCUT2D eigenvalue weighted by atomic mass is 32.2. The number of unbranched alkanes of at least 4 members (excludes halogenated alkanes) is 3. The monoisotopic (exact) mass is 641 g/mol. The average Bonchev–Trinajstić information content (AvgIpc) is 3.24. The first-order chi connectivity index (χ1) is 21.6. The predicted molar refractivity (Wildman–Crippen MR) is 170 cm³/mol. The summed E-state index contributed by atoms with van der Waals surface area (Å²) in [6.45, 7) is 3.08. The molecule has 45 heavy (non-hydrogen) atoms. The molecule has 0 fully saturated rings. The number of rotatable bonds is 16. The Morgan fingerprint density at radius 1 is 0.867 bits per heavy atom. The lowest BCUT2D eigenvalue weighted by Gasteiger charge is -2.17. The summed E-state index contributed by atoms with van der Waals surface area (Å²) in [5, 5.41) is 8.99. The Labute approximate surface area is 262 Å². The zero-order valence-corrected chi connectivity index (χ0v) is 26.7. The molecule has 12 nitrogen and oxygen atoms in total. The van der Waals surface area contributed by atoms with Crippen molar-refractivity contribution in [2.45, 2.75) is 43.9 Å². The summed E-state index contributed by atoms with van der Waals surface area (Å²) in [6.07, 6.45) is 4.16. The molecule has 0 aliphatic rings. The van der Waals surface area contributed by atoms with Gasteiger partial charge in [0.2, 0.25) is 0 Å². The zero-order chi connectivity index (χ0) is 32.6. The minimum atomic E-state index is -4.22. The van der Waals surface area contributed by atoms with Gasteiger partial charge < -0.3 is 24.1 Å². The number of nitrogens with zero attached hydrogens (tertiary/aromatic N) is 2. The van der Waals surface area contributed by atoms with Crippen LogP contribution in [-0.4, -0.2) is 55.6 Å². The number of methoxy groups -OCH3 is 1. The van der Waals surface area contributed by atoms with Gasteiger partial charge in [0.05, 0.1) is 47.5 Å². The van der Waals surface area contributed by atoms with Crippen molar-refractivity contribution >= 4 is 32.7 Å². The summed E-state index contributed by atoms with van der Waals surface area (Å²) >= 11 is 0. The van der Waals surface area contributed by atoms with Crippen LogP contribution in [-0.2, 0) is 28.9 Å². The van der Waals surface area contributed by atoms with Crippen LogP contribution < -0.4 is 24.6 Å².